The van der Waals surface area contributed by atoms with E-state index in [0.29, 0.717) is 11.6 Å². The van der Waals surface area contributed by atoms with Crippen molar-refractivity contribution in [3.05, 3.63) is 12.1 Å². The maximum absolute atomic E-state index is 9.25. The van der Waals surface area contributed by atoms with Gasteiger partial charge in [0.15, 0.2) is 11.5 Å². The number of aliphatic hydroxyl groups excluding tert-OH is 1. The average molecular weight is 234 g/mol. The van der Waals surface area contributed by atoms with Crippen molar-refractivity contribution >= 4 is 11.5 Å². The molecule has 3 rings (SSSR count). The summed E-state index contributed by atoms with van der Waals surface area (Å²) in [5, 5.41) is 24.7. The molecule has 1 saturated carbocycles. The van der Waals surface area contributed by atoms with E-state index in [1.54, 1.807) is 0 Å². The predicted octanol–water partition coefficient (Wildman–Crippen LogP) is -0.274. The fourth-order valence-corrected chi connectivity index (χ4v) is 2.17. The summed E-state index contributed by atoms with van der Waals surface area (Å²) in [6.45, 7) is 0.900. The summed E-state index contributed by atoms with van der Waals surface area (Å²) in [6.07, 6.45) is 1.66. The van der Waals surface area contributed by atoms with Crippen molar-refractivity contribution in [1.29, 1.82) is 0 Å². The second kappa shape index (κ2) is 3.92. The van der Waals surface area contributed by atoms with E-state index >= 15 is 0 Å². The Morgan fingerprint density at radius 3 is 3.06 bits per heavy atom. The summed E-state index contributed by atoms with van der Waals surface area (Å²) in [6, 6.07) is 3.75. The van der Waals surface area contributed by atoms with Gasteiger partial charge in [-0.1, -0.05) is 0 Å². The van der Waals surface area contributed by atoms with Crippen LogP contribution in [-0.4, -0.2) is 50.1 Å². The molecule has 0 aliphatic heterocycles. The highest BCUT2D eigenvalue weighted by Gasteiger charge is 2.28. The molecule has 7 nitrogen and oxygen atoms in total. The molecule has 1 N–H and O–H groups in total. The van der Waals surface area contributed by atoms with Gasteiger partial charge in [-0.15, -0.1) is 14.8 Å². The zero-order chi connectivity index (χ0) is 11.8. The third kappa shape index (κ3) is 1.93. The highest BCUT2D eigenvalue weighted by Crippen LogP contribution is 2.28. The Morgan fingerprint density at radius 2 is 2.29 bits per heavy atom. The molecule has 0 unspecified atom stereocenters. The highest BCUT2D eigenvalue weighted by molar-refractivity contribution is 5.43. The molecule has 17 heavy (non-hydrogen) atoms. The van der Waals surface area contributed by atoms with E-state index in [4.69, 9.17) is 0 Å². The smallest absolute Gasteiger partial charge is 0.200 e. The molecule has 0 aromatic carbocycles. The van der Waals surface area contributed by atoms with E-state index in [-0.39, 0.29) is 6.10 Å². The monoisotopic (exact) mass is 234 g/mol. The summed E-state index contributed by atoms with van der Waals surface area (Å²) < 4.78 is 1.42. The van der Waals surface area contributed by atoms with E-state index in [2.05, 4.69) is 25.5 Å². The molecule has 90 valence electrons. The van der Waals surface area contributed by atoms with Crippen LogP contribution in [0.25, 0.3) is 5.65 Å². The van der Waals surface area contributed by atoms with Gasteiger partial charge in [0, 0.05) is 13.6 Å². The van der Waals surface area contributed by atoms with Gasteiger partial charge in [0.25, 0.3) is 0 Å². The van der Waals surface area contributed by atoms with Gasteiger partial charge < -0.3 is 10.0 Å². The molecular formula is C10H14N6O. The van der Waals surface area contributed by atoms with E-state index < -0.39 is 0 Å². The van der Waals surface area contributed by atoms with Crippen LogP contribution in [0.4, 0.5) is 5.82 Å². The van der Waals surface area contributed by atoms with Gasteiger partial charge >= 0.3 is 0 Å². The molecule has 1 aliphatic carbocycles. The molecular weight excluding hydrogens is 220 g/mol. The summed E-state index contributed by atoms with van der Waals surface area (Å²) in [5.74, 6) is 1.40. The SMILES string of the molecule is CN(CC1CC(O)C1)c1ccc2nnnn2n1. The topological polar surface area (TPSA) is 79.4 Å². The molecule has 0 saturated heterocycles. The average Bonchev–Trinajstić information content (AvgIpc) is 2.73. The zero-order valence-electron chi connectivity index (χ0n) is 9.56. The van der Waals surface area contributed by atoms with Crippen LogP contribution in [0.2, 0.25) is 0 Å². The van der Waals surface area contributed by atoms with Crippen LogP contribution in [0.15, 0.2) is 12.1 Å². The first-order valence-corrected chi connectivity index (χ1v) is 5.67. The fraction of sp³-hybridized carbons (Fsp3) is 0.600. The third-order valence-electron chi connectivity index (χ3n) is 3.19. The van der Waals surface area contributed by atoms with Crippen LogP contribution in [0.5, 0.6) is 0 Å². The Labute approximate surface area is 98.0 Å². The van der Waals surface area contributed by atoms with Crippen LogP contribution in [0, 0.1) is 5.92 Å². The lowest BCUT2D eigenvalue weighted by molar-refractivity contribution is 0.0464. The van der Waals surface area contributed by atoms with Crippen molar-refractivity contribution in [2.75, 3.05) is 18.5 Å². The highest BCUT2D eigenvalue weighted by atomic mass is 16.3. The van der Waals surface area contributed by atoms with Crippen LogP contribution < -0.4 is 4.90 Å². The number of rotatable bonds is 3. The van der Waals surface area contributed by atoms with Gasteiger partial charge in [-0.3, -0.25) is 0 Å². The normalized spacial score (nSPS) is 23.6. The molecule has 7 heteroatoms. The Kier molecular flexibility index (Phi) is 2.40. The summed E-state index contributed by atoms with van der Waals surface area (Å²) in [7, 11) is 1.99. The predicted molar refractivity (Wildman–Crippen MR) is 60.6 cm³/mol. The van der Waals surface area contributed by atoms with Gasteiger partial charge in [-0.25, -0.2) is 0 Å². The molecule has 1 fully saturated rings. The van der Waals surface area contributed by atoms with Crippen LogP contribution in [0.1, 0.15) is 12.8 Å². The summed E-state index contributed by atoms with van der Waals surface area (Å²) in [4.78, 5) is 2.07. The van der Waals surface area contributed by atoms with E-state index in [0.717, 1.165) is 25.2 Å². The van der Waals surface area contributed by atoms with Crippen molar-refractivity contribution in [2.45, 2.75) is 18.9 Å². The maximum atomic E-state index is 9.25. The van der Waals surface area contributed by atoms with Gasteiger partial charge in [0.2, 0.25) is 0 Å². The first-order valence-electron chi connectivity index (χ1n) is 5.67. The minimum atomic E-state index is -0.108. The fourth-order valence-electron chi connectivity index (χ4n) is 2.17. The molecule has 2 aromatic rings. The van der Waals surface area contributed by atoms with Gasteiger partial charge in [0.1, 0.15) is 0 Å². The number of fused-ring (bicyclic) bond motifs is 1. The lowest BCUT2D eigenvalue weighted by Crippen LogP contribution is -2.37. The van der Waals surface area contributed by atoms with Crippen molar-refractivity contribution in [1.82, 2.24) is 25.3 Å². The number of tetrazole rings is 1. The molecule has 0 amide bonds. The minimum absolute atomic E-state index is 0.108. The quantitative estimate of drug-likeness (QED) is 0.787. The Hall–Kier alpha value is -1.76. The Bertz CT molecular complexity index is 520. The molecule has 0 bridgehead atoms. The number of hydrogen-bond acceptors (Lipinski definition) is 6. The van der Waals surface area contributed by atoms with Gasteiger partial charge in [0.05, 0.1) is 6.10 Å². The van der Waals surface area contributed by atoms with Crippen LogP contribution in [-0.2, 0) is 0 Å². The van der Waals surface area contributed by atoms with Gasteiger partial charge in [-0.2, -0.15) is 0 Å². The molecule has 2 heterocycles. The minimum Gasteiger partial charge on any atom is -0.393 e. The van der Waals surface area contributed by atoms with E-state index in [1.165, 1.54) is 4.63 Å². The van der Waals surface area contributed by atoms with Crippen molar-refractivity contribution in [2.24, 2.45) is 5.92 Å². The summed E-state index contributed by atoms with van der Waals surface area (Å²) in [5.41, 5.74) is 0.640. The van der Waals surface area contributed by atoms with Crippen molar-refractivity contribution in [3.63, 3.8) is 0 Å². The number of anilines is 1. The standard InChI is InChI=1S/C10H14N6O/c1-15(6-7-4-8(17)5-7)10-3-2-9-11-13-14-16(9)12-10/h2-3,7-8,17H,4-6H2,1H3. The molecule has 0 atom stereocenters. The molecule has 0 radical (unpaired) electrons. The number of aromatic nitrogens is 5. The second-order valence-corrected chi connectivity index (χ2v) is 4.59. The van der Waals surface area contributed by atoms with Crippen LogP contribution >= 0.6 is 0 Å². The van der Waals surface area contributed by atoms with Gasteiger partial charge in [-0.05, 0) is 41.3 Å². The maximum Gasteiger partial charge on any atom is 0.200 e. The second-order valence-electron chi connectivity index (χ2n) is 4.59. The Balaban J connectivity index is 1.73. The summed E-state index contributed by atoms with van der Waals surface area (Å²) >= 11 is 0. The zero-order valence-corrected chi connectivity index (χ0v) is 9.56. The van der Waals surface area contributed by atoms with Crippen LogP contribution in [0.3, 0.4) is 0 Å². The van der Waals surface area contributed by atoms with Crippen molar-refractivity contribution in [3.8, 4) is 0 Å². The number of hydrogen-bond donors (Lipinski definition) is 1. The largest absolute Gasteiger partial charge is 0.393 e. The number of nitrogens with zero attached hydrogens (tertiary/aromatic N) is 6. The molecule has 2 aromatic heterocycles. The number of aliphatic hydroxyl groups is 1. The lowest BCUT2D eigenvalue weighted by Gasteiger charge is -2.34. The first-order chi connectivity index (χ1) is 8.22. The lowest BCUT2D eigenvalue weighted by atomic mass is 9.82. The molecule has 0 spiro atoms. The third-order valence-corrected chi connectivity index (χ3v) is 3.19. The molecule has 1 aliphatic rings. The first kappa shape index (κ1) is 10.4. The van der Waals surface area contributed by atoms with E-state index in [1.807, 2.05) is 19.2 Å². The Morgan fingerprint density at radius 1 is 1.47 bits per heavy atom. The van der Waals surface area contributed by atoms with Crippen molar-refractivity contribution < 1.29 is 5.11 Å². The van der Waals surface area contributed by atoms with E-state index in [9.17, 15) is 5.11 Å².